The Morgan fingerprint density at radius 2 is 1.95 bits per heavy atom. The molecule has 0 radical (unpaired) electrons. The van der Waals surface area contributed by atoms with Crippen molar-refractivity contribution in [2.24, 2.45) is 0 Å². The predicted molar refractivity (Wildman–Crippen MR) is 78.7 cm³/mol. The molecule has 1 aliphatic rings. The van der Waals surface area contributed by atoms with Crippen molar-refractivity contribution in [1.82, 2.24) is 9.88 Å². The van der Waals surface area contributed by atoms with E-state index in [9.17, 15) is 9.90 Å². The Labute approximate surface area is 120 Å². The number of carbonyl (C=O) groups is 1. The van der Waals surface area contributed by atoms with Crippen LogP contribution in [0.5, 0.6) is 0 Å². The van der Waals surface area contributed by atoms with Gasteiger partial charge in [-0.25, -0.2) is 0 Å². The van der Waals surface area contributed by atoms with Gasteiger partial charge in [-0.2, -0.15) is 0 Å². The summed E-state index contributed by atoms with van der Waals surface area (Å²) in [6.45, 7) is 9.31. The van der Waals surface area contributed by atoms with Gasteiger partial charge in [0.25, 0.3) is 5.91 Å². The number of pyridine rings is 1. The fourth-order valence-corrected chi connectivity index (χ4v) is 2.35. The molecular formula is C16H24N2O2. The molecule has 1 aliphatic heterocycles. The zero-order chi connectivity index (χ0) is 15.0. The highest BCUT2D eigenvalue weighted by Gasteiger charge is 2.30. The Morgan fingerprint density at radius 1 is 1.35 bits per heavy atom. The summed E-state index contributed by atoms with van der Waals surface area (Å²) in [5.74, 6) is 0.0356. The monoisotopic (exact) mass is 276 g/mol. The molecule has 1 fully saturated rings. The Bertz CT molecular complexity index is 493. The summed E-state index contributed by atoms with van der Waals surface area (Å²) in [6.07, 6.45) is 2.97. The van der Waals surface area contributed by atoms with Crippen LogP contribution in [-0.4, -0.2) is 39.6 Å². The van der Waals surface area contributed by atoms with Gasteiger partial charge in [-0.15, -0.1) is 0 Å². The third kappa shape index (κ3) is 3.37. The van der Waals surface area contributed by atoms with Crippen molar-refractivity contribution >= 4 is 5.91 Å². The number of aromatic nitrogens is 1. The molecule has 0 saturated carbocycles. The van der Waals surface area contributed by atoms with Gasteiger partial charge in [-0.1, -0.05) is 20.8 Å². The van der Waals surface area contributed by atoms with Crippen molar-refractivity contribution in [2.45, 2.75) is 51.6 Å². The van der Waals surface area contributed by atoms with E-state index in [1.165, 1.54) is 0 Å². The summed E-state index contributed by atoms with van der Waals surface area (Å²) in [7, 11) is 0. The Morgan fingerprint density at radius 3 is 2.50 bits per heavy atom. The lowest BCUT2D eigenvalue weighted by molar-refractivity contribution is -0.00203. The number of piperidine rings is 1. The molecule has 110 valence electrons. The van der Waals surface area contributed by atoms with Crippen molar-refractivity contribution in [3.63, 3.8) is 0 Å². The standard InChI is InChI=1S/C16H24N2O2/c1-15(2,3)13-11-12(5-8-17-13)14(19)18-9-6-16(4,20)7-10-18/h5,8,11,20H,6-7,9-10H2,1-4H3. The smallest absolute Gasteiger partial charge is 0.253 e. The molecule has 0 aliphatic carbocycles. The lowest BCUT2D eigenvalue weighted by Gasteiger charge is -2.35. The van der Waals surface area contributed by atoms with Crippen LogP contribution in [0.4, 0.5) is 0 Å². The van der Waals surface area contributed by atoms with Crippen LogP contribution in [0.15, 0.2) is 18.3 Å². The van der Waals surface area contributed by atoms with Gasteiger partial charge in [0.2, 0.25) is 0 Å². The molecule has 4 nitrogen and oxygen atoms in total. The number of aliphatic hydroxyl groups is 1. The van der Waals surface area contributed by atoms with Gasteiger partial charge >= 0.3 is 0 Å². The predicted octanol–water partition coefficient (Wildman–Crippen LogP) is 2.37. The third-order valence-electron chi connectivity index (χ3n) is 3.90. The van der Waals surface area contributed by atoms with Gasteiger partial charge in [0.15, 0.2) is 0 Å². The number of rotatable bonds is 1. The van der Waals surface area contributed by atoms with E-state index in [0.29, 0.717) is 31.5 Å². The number of carbonyl (C=O) groups excluding carboxylic acids is 1. The van der Waals surface area contributed by atoms with Gasteiger partial charge in [0.1, 0.15) is 0 Å². The van der Waals surface area contributed by atoms with E-state index in [0.717, 1.165) is 5.69 Å². The van der Waals surface area contributed by atoms with Crippen molar-refractivity contribution in [1.29, 1.82) is 0 Å². The van der Waals surface area contributed by atoms with E-state index in [1.54, 1.807) is 12.3 Å². The second-order valence-electron chi connectivity index (χ2n) is 6.97. The van der Waals surface area contributed by atoms with E-state index in [4.69, 9.17) is 0 Å². The molecule has 0 unspecified atom stereocenters. The molecule has 1 amide bonds. The zero-order valence-corrected chi connectivity index (χ0v) is 12.8. The first-order valence-electron chi connectivity index (χ1n) is 7.17. The fraction of sp³-hybridized carbons (Fsp3) is 0.625. The summed E-state index contributed by atoms with van der Waals surface area (Å²) in [5.41, 5.74) is 0.909. The maximum Gasteiger partial charge on any atom is 0.253 e. The molecule has 1 saturated heterocycles. The Balaban J connectivity index is 2.14. The summed E-state index contributed by atoms with van der Waals surface area (Å²) in [4.78, 5) is 18.7. The first-order chi connectivity index (χ1) is 9.19. The van der Waals surface area contributed by atoms with E-state index in [1.807, 2.05) is 17.9 Å². The summed E-state index contributed by atoms with van der Waals surface area (Å²) in [6, 6.07) is 3.65. The van der Waals surface area contributed by atoms with Crippen LogP contribution in [0, 0.1) is 0 Å². The number of hydrogen-bond acceptors (Lipinski definition) is 3. The Hall–Kier alpha value is -1.42. The zero-order valence-electron chi connectivity index (χ0n) is 12.8. The molecule has 1 N–H and O–H groups in total. The molecule has 1 aromatic rings. The highest BCUT2D eigenvalue weighted by atomic mass is 16.3. The molecular weight excluding hydrogens is 252 g/mol. The molecule has 0 spiro atoms. The van der Waals surface area contributed by atoms with E-state index in [2.05, 4.69) is 25.8 Å². The molecule has 2 rings (SSSR count). The molecule has 0 atom stereocenters. The Kier molecular flexibility index (Phi) is 3.87. The number of hydrogen-bond donors (Lipinski definition) is 1. The quantitative estimate of drug-likeness (QED) is 0.856. The summed E-state index contributed by atoms with van der Waals surface area (Å²) in [5, 5.41) is 9.95. The normalized spacial score (nSPS) is 18.9. The van der Waals surface area contributed by atoms with Gasteiger partial charge in [-0.3, -0.25) is 9.78 Å². The minimum atomic E-state index is -0.633. The molecule has 4 heteroatoms. The van der Waals surface area contributed by atoms with Gasteiger partial charge < -0.3 is 10.0 Å². The number of amides is 1. The lowest BCUT2D eigenvalue weighted by Crippen LogP contribution is -2.45. The second kappa shape index (κ2) is 5.17. The highest BCUT2D eigenvalue weighted by Crippen LogP contribution is 2.24. The third-order valence-corrected chi connectivity index (χ3v) is 3.90. The van der Waals surface area contributed by atoms with Crippen LogP contribution in [-0.2, 0) is 5.41 Å². The number of nitrogens with zero attached hydrogens (tertiary/aromatic N) is 2. The maximum absolute atomic E-state index is 12.5. The first-order valence-corrected chi connectivity index (χ1v) is 7.17. The van der Waals surface area contributed by atoms with Crippen LogP contribution in [0.2, 0.25) is 0 Å². The minimum absolute atomic E-state index is 0.0356. The van der Waals surface area contributed by atoms with E-state index in [-0.39, 0.29) is 11.3 Å². The molecule has 20 heavy (non-hydrogen) atoms. The average molecular weight is 276 g/mol. The van der Waals surface area contributed by atoms with Crippen molar-refractivity contribution in [3.05, 3.63) is 29.6 Å². The van der Waals surface area contributed by atoms with Crippen LogP contribution >= 0.6 is 0 Å². The highest BCUT2D eigenvalue weighted by molar-refractivity contribution is 5.94. The van der Waals surface area contributed by atoms with E-state index < -0.39 is 5.60 Å². The fourth-order valence-electron chi connectivity index (χ4n) is 2.35. The van der Waals surface area contributed by atoms with Gasteiger partial charge in [-0.05, 0) is 31.9 Å². The van der Waals surface area contributed by atoms with Crippen molar-refractivity contribution < 1.29 is 9.90 Å². The number of likely N-dealkylation sites (tertiary alicyclic amines) is 1. The molecule has 0 bridgehead atoms. The van der Waals surface area contributed by atoms with Crippen molar-refractivity contribution in [2.75, 3.05) is 13.1 Å². The van der Waals surface area contributed by atoms with Crippen molar-refractivity contribution in [3.8, 4) is 0 Å². The van der Waals surface area contributed by atoms with E-state index >= 15 is 0 Å². The van der Waals surface area contributed by atoms with Crippen LogP contribution in [0.3, 0.4) is 0 Å². The topological polar surface area (TPSA) is 53.4 Å². The lowest BCUT2D eigenvalue weighted by atomic mass is 9.90. The maximum atomic E-state index is 12.5. The van der Waals surface area contributed by atoms with Gasteiger partial charge in [0.05, 0.1) is 5.60 Å². The second-order valence-corrected chi connectivity index (χ2v) is 6.97. The molecule has 1 aromatic heterocycles. The molecule has 0 aromatic carbocycles. The van der Waals surface area contributed by atoms with Crippen LogP contribution in [0.1, 0.15) is 56.6 Å². The molecule has 2 heterocycles. The summed E-state index contributed by atoms with van der Waals surface area (Å²) < 4.78 is 0. The average Bonchev–Trinajstić information content (AvgIpc) is 2.37. The van der Waals surface area contributed by atoms with Crippen LogP contribution < -0.4 is 0 Å². The summed E-state index contributed by atoms with van der Waals surface area (Å²) >= 11 is 0. The minimum Gasteiger partial charge on any atom is -0.390 e. The first kappa shape index (κ1) is 15.0. The van der Waals surface area contributed by atoms with Gasteiger partial charge in [0, 0.05) is 36.0 Å². The largest absolute Gasteiger partial charge is 0.390 e. The van der Waals surface area contributed by atoms with Crippen LogP contribution in [0.25, 0.3) is 0 Å². The SMILES string of the molecule is CC1(O)CCN(C(=O)c2ccnc(C(C)(C)C)c2)CC1.